The summed E-state index contributed by atoms with van der Waals surface area (Å²) in [6.07, 6.45) is 8.02. The summed E-state index contributed by atoms with van der Waals surface area (Å²) >= 11 is 0. The topological polar surface area (TPSA) is 20.3 Å². The third kappa shape index (κ3) is 5.91. The van der Waals surface area contributed by atoms with E-state index in [1.165, 1.54) is 12.0 Å². The van der Waals surface area contributed by atoms with Crippen molar-refractivity contribution in [2.75, 3.05) is 14.1 Å². The van der Waals surface area contributed by atoms with E-state index in [0.29, 0.717) is 0 Å². The van der Waals surface area contributed by atoms with E-state index in [0.717, 1.165) is 19.3 Å². The summed E-state index contributed by atoms with van der Waals surface area (Å²) in [7, 11) is 3.53. The molecule has 2 nitrogen and oxygen atoms in total. The third-order valence-corrected chi connectivity index (χ3v) is 2.63. The van der Waals surface area contributed by atoms with Gasteiger partial charge in [0.05, 0.1) is 0 Å². The first-order valence-corrected chi connectivity index (χ1v) is 6.12. The van der Waals surface area contributed by atoms with Crippen LogP contribution in [0, 0.1) is 0 Å². The average Bonchev–Trinajstić information content (AvgIpc) is 2.34. The monoisotopic (exact) mass is 231 g/mol. The van der Waals surface area contributed by atoms with Crippen molar-refractivity contribution >= 4 is 5.91 Å². The number of benzene rings is 1. The second kappa shape index (κ2) is 7.66. The van der Waals surface area contributed by atoms with Gasteiger partial charge in [0.2, 0.25) is 5.91 Å². The highest BCUT2D eigenvalue weighted by Crippen LogP contribution is 2.06. The lowest BCUT2D eigenvalue weighted by molar-refractivity contribution is -0.123. The molecule has 0 unspecified atom stereocenters. The fraction of sp³-hybridized carbons (Fsp3) is 0.400. The minimum atomic E-state index is 0.0630. The molecule has 1 rings (SSSR count). The molecule has 0 N–H and O–H groups in total. The third-order valence-electron chi connectivity index (χ3n) is 2.63. The molecule has 0 saturated carbocycles. The SMILES string of the molecule is CN(C)C(=O)/C=C/CCCCc1ccccc1. The van der Waals surface area contributed by atoms with E-state index >= 15 is 0 Å². The molecule has 0 heterocycles. The van der Waals surface area contributed by atoms with Gasteiger partial charge < -0.3 is 4.90 Å². The highest BCUT2D eigenvalue weighted by molar-refractivity contribution is 5.86. The van der Waals surface area contributed by atoms with Crippen LogP contribution in [-0.2, 0) is 11.2 Å². The van der Waals surface area contributed by atoms with Crippen LogP contribution >= 0.6 is 0 Å². The average molecular weight is 231 g/mol. The summed E-state index contributed by atoms with van der Waals surface area (Å²) in [6.45, 7) is 0. The second-order valence-corrected chi connectivity index (χ2v) is 4.37. The molecule has 0 aliphatic rings. The zero-order valence-corrected chi connectivity index (χ0v) is 10.7. The lowest BCUT2D eigenvalue weighted by Crippen LogP contribution is -2.18. The number of carbonyl (C=O) groups is 1. The molecule has 0 aliphatic heterocycles. The van der Waals surface area contributed by atoms with Crippen molar-refractivity contribution < 1.29 is 4.79 Å². The van der Waals surface area contributed by atoms with Crippen molar-refractivity contribution in [2.45, 2.75) is 25.7 Å². The molecule has 0 saturated heterocycles. The van der Waals surface area contributed by atoms with E-state index in [4.69, 9.17) is 0 Å². The fourth-order valence-corrected chi connectivity index (χ4v) is 1.57. The Bertz CT molecular complexity index is 354. The Morgan fingerprint density at radius 3 is 2.53 bits per heavy atom. The molecule has 0 bridgehead atoms. The van der Waals surface area contributed by atoms with E-state index in [2.05, 4.69) is 24.3 Å². The first-order valence-electron chi connectivity index (χ1n) is 6.12. The molecule has 0 aromatic heterocycles. The first-order chi connectivity index (χ1) is 8.20. The van der Waals surface area contributed by atoms with Crippen LogP contribution in [0.5, 0.6) is 0 Å². The first kappa shape index (κ1) is 13.5. The van der Waals surface area contributed by atoms with E-state index in [9.17, 15) is 4.79 Å². The number of rotatable bonds is 6. The van der Waals surface area contributed by atoms with E-state index in [-0.39, 0.29) is 5.91 Å². The van der Waals surface area contributed by atoms with Crippen molar-refractivity contribution in [3.05, 3.63) is 48.0 Å². The molecule has 0 radical (unpaired) electrons. The standard InChI is InChI=1S/C15H21NO/c1-16(2)15(17)13-9-4-3-6-10-14-11-7-5-8-12-14/h5,7-9,11-13H,3-4,6,10H2,1-2H3/b13-9+. The number of nitrogens with zero attached hydrogens (tertiary/aromatic N) is 1. The second-order valence-electron chi connectivity index (χ2n) is 4.37. The van der Waals surface area contributed by atoms with Crippen LogP contribution in [0.4, 0.5) is 0 Å². The Labute approximate surface area is 104 Å². The Kier molecular flexibility index (Phi) is 6.08. The normalized spacial score (nSPS) is 10.7. The Morgan fingerprint density at radius 2 is 1.88 bits per heavy atom. The number of unbranched alkanes of at least 4 members (excludes halogenated alkanes) is 2. The van der Waals surface area contributed by atoms with Crippen LogP contribution in [0.15, 0.2) is 42.5 Å². The van der Waals surface area contributed by atoms with Crippen molar-refractivity contribution in [3.8, 4) is 0 Å². The van der Waals surface area contributed by atoms with Gasteiger partial charge in [-0.2, -0.15) is 0 Å². The quantitative estimate of drug-likeness (QED) is 0.544. The minimum Gasteiger partial charge on any atom is -0.345 e. The zero-order chi connectivity index (χ0) is 12.5. The highest BCUT2D eigenvalue weighted by atomic mass is 16.2. The van der Waals surface area contributed by atoms with Crippen LogP contribution in [0.2, 0.25) is 0 Å². The number of carbonyl (C=O) groups excluding carboxylic acids is 1. The predicted molar refractivity (Wildman–Crippen MR) is 71.8 cm³/mol. The predicted octanol–water partition coefficient (Wildman–Crippen LogP) is 3.04. The summed E-state index contributed by atoms with van der Waals surface area (Å²) in [4.78, 5) is 12.8. The lowest BCUT2D eigenvalue weighted by Gasteiger charge is -2.05. The van der Waals surface area contributed by atoms with Crippen LogP contribution < -0.4 is 0 Å². The molecule has 0 aliphatic carbocycles. The number of allylic oxidation sites excluding steroid dienone is 1. The molecular weight excluding hydrogens is 210 g/mol. The molecule has 0 atom stereocenters. The molecule has 1 aromatic carbocycles. The van der Waals surface area contributed by atoms with Gasteiger partial charge in [-0.1, -0.05) is 36.4 Å². The van der Waals surface area contributed by atoms with Gasteiger partial charge in [-0.3, -0.25) is 4.79 Å². The van der Waals surface area contributed by atoms with Gasteiger partial charge in [-0.15, -0.1) is 0 Å². The Balaban J connectivity index is 2.11. The summed E-state index contributed by atoms with van der Waals surface area (Å²) in [5, 5.41) is 0. The smallest absolute Gasteiger partial charge is 0.245 e. The Morgan fingerprint density at radius 1 is 1.18 bits per heavy atom. The number of likely N-dealkylation sites (N-methyl/N-ethyl adjacent to an activating group) is 1. The molecule has 1 aromatic rings. The maximum atomic E-state index is 11.2. The summed E-state index contributed by atoms with van der Waals surface area (Å²) < 4.78 is 0. The van der Waals surface area contributed by atoms with Gasteiger partial charge in [0.15, 0.2) is 0 Å². The van der Waals surface area contributed by atoms with Gasteiger partial charge in [0.25, 0.3) is 0 Å². The van der Waals surface area contributed by atoms with Gasteiger partial charge in [-0.05, 0) is 37.3 Å². The van der Waals surface area contributed by atoms with Gasteiger partial charge >= 0.3 is 0 Å². The van der Waals surface area contributed by atoms with Crippen molar-refractivity contribution in [1.82, 2.24) is 4.90 Å². The van der Waals surface area contributed by atoms with Crippen molar-refractivity contribution in [1.29, 1.82) is 0 Å². The highest BCUT2D eigenvalue weighted by Gasteiger charge is 1.96. The van der Waals surface area contributed by atoms with Crippen molar-refractivity contribution in [2.24, 2.45) is 0 Å². The Hall–Kier alpha value is -1.57. The minimum absolute atomic E-state index is 0.0630. The lowest BCUT2D eigenvalue weighted by atomic mass is 10.1. The molecule has 0 spiro atoms. The van der Waals surface area contributed by atoms with Crippen LogP contribution in [0.1, 0.15) is 24.8 Å². The van der Waals surface area contributed by atoms with E-state index in [1.807, 2.05) is 12.1 Å². The van der Waals surface area contributed by atoms with Crippen LogP contribution in [0.25, 0.3) is 0 Å². The zero-order valence-electron chi connectivity index (χ0n) is 10.7. The van der Waals surface area contributed by atoms with Crippen molar-refractivity contribution in [3.63, 3.8) is 0 Å². The summed E-state index contributed by atoms with van der Waals surface area (Å²) in [5.41, 5.74) is 1.39. The van der Waals surface area contributed by atoms with E-state index < -0.39 is 0 Å². The summed E-state index contributed by atoms with van der Waals surface area (Å²) in [6, 6.07) is 10.5. The molecule has 92 valence electrons. The van der Waals surface area contributed by atoms with Gasteiger partial charge in [0.1, 0.15) is 0 Å². The number of hydrogen-bond donors (Lipinski definition) is 0. The maximum Gasteiger partial charge on any atom is 0.245 e. The number of hydrogen-bond acceptors (Lipinski definition) is 1. The van der Waals surface area contributed by atoms with Crippen LogP contribution in [-0.4, -0.2) is 24.9 Å². The van der Waals surface area contributed by atoms with Gasteiger partial charge in [-0.25, -0.2) is 0 Å². The fourth-order valence-electron chi connectivity index (χ4n) is 1.57. The number of aryl methyl sites for hydroxylation is 1. The van der Waals surface area contributed by atoms with Crippen LogP contribution in [0.3, 0.4) is 0 Å². The molecule has 0 fully saturated rings. The van der Waals surface area contributed by atoms with E-state index in [1.54, 1.807) is 25.1 Å². The largest absolute Gasteiger partial charge is 0.345 e. The molecule has 2 heteroatoms. The maximum absolute atomic E-state index is 11.2. The molecule has 17 heavy (non-hydrogen) atoms. The number of amides is 1. The van der Waals surface area contributed by atoms with Gasteiger partial charge in [0, 0.05) is 14.1 Å². The molecular formula is C15H21NO. The molecule has 1 amide bonds. The summed E-state index contributed by atoms with van der Waals surface area (Å²) in [5.74, 6) is 0.0630.